The van der Waals surface area contributed by atoms with Gasteiger partial charge in [-0.2, -0.15) is 10.8 Å². The number of hydrogen-bond acceptors (Lipinski definition) is 3. The van der Waals surface area contributed by atoms with Crippen LogP contribution in [0, 0.1) is 16.9 Å². The second kappa shape index (κ2) is 2.92. The summed E-state index contributed by atoms with van der Waals surface area (Å²) in [6, 6.07) is 1.03. The Morgan fingerprint density at radius 3 is 2.60 bits per heavy atom. The zero-order valence-electron chi connectivity index (χ0n) is 5.80. The van der Waals surface area contributed by atoms with Gasteiger partial charge in [-0.1, -0.05) is 5.11 Å². The molecule has 0 fully saturated rings. The third kappa shape index (κ3) is 2.77. The van der Waals surface area contributed by atoms with Crippen LogP contribution in [0.25, 0.3) is 0 Å². The molecular weight excluding hydrogens is 132 g/mol. The van der Waals surface area contributed by atoms with Gasteiger partial charge in [-0.25, -0.2) is 4.79 Å². The number of nitrogens with one attached hydrogen (secondary N) is 2. The van der Waals surface area contributed by atoms with Crippen molar-refractivity contribution in [1.82, 2.24) is 5.32 Å². The average molecular weight is 140 g/mol. The number of carbonyl (C=O) groups is 1. The molecule has 0 saturated carbocycles. The zero-order valence-corrected chi connectivity index (χ0v) is 5.80. The minimum absolute atomic E-state index is 0.799. The van der Waals surface area contributed by atoms with Gasteiger partial charge in [-0.3, -0.25) is 0 Å². The lowest BCUT2D eigenvalue weighted by Gasteiger charge is -2.13. The molecule has 0 saturated heterocycles. The lowest BCUT2D eigenvalue weighted by Crippen LogP contribution is -2.40. The van der Waals surface area contributed by atoms with Crippen LogP contribution >= 0.6 is 0 Å². The van der Waals surface area contributed by atoms with E-state index in [1.807, 2.05) is 6.07 Å². The van der Waals surface area contributed by atoms with Gasteiger partial charge in [0.15, 0.2) is 0 Å². The van der Waals surface area contributed by atoms with Crippen LogP contribution in [0.15, 0.2) is 5.11 Å². The molecule has 54 valence electrons. The molecule has 0 atom stereocenters. The van der Waals surface area contributed by atoms with E-state index in [2.05, 4.69) is 10.4 Å². The number of rotatable bonds is 1. The van der Waals surface area contributed by atoms with Crippen molar-refractivity contribution in [1.29, 1.82) is 10.8 Å². The van der Waals surface area contributed by atoms with E-state index in [4.69, 9.17) is 10.8 Å². The summed E-state index contributed by atoms with van der Waals surface area (Å²) >= 11 is 0. The number of carbonyl (C=O) groups excluding carboxylic acids is 1. The van der Waals surface area contributed by atoms with E-state index in [-0.39, 0.29) is 0 Å². The summed E-state index contributed by atoms with van der Waals surface area (Å²) in [4.78, 5) is 10.4. The van der Waals surface area contributed by atoms with Crippen LogP contribution in [0.2, 0.25) is 0 Å². The highest BCUT2D eigenvalue weighted by atomic mass is 16.2. The van der Waals surface area contributed by atoms with Gasteiger partial charge >= 0.3 is 6.03 Å². The first kappa shape index (κ1) is 8.56. The molecule has 0 heterocycles. The normalized spacial score (nSPS) is 9.70. The first-order valence-corrected chi connectivity index (χ1v) is 2.62. The Labute approximate surface area is 58.5 Å². The molecule has 5 nitrogen and oxygen atoms in total. The molecule has 0 bridgehead atoms. The maximum atomic E-state index is 10.4. The lowest BCUT2D eigenvalue weighted by atomic mass is 10.1. The molecule has 5 heteroatoms. The van der Waals surface area contributed by atoms with Crippen LogP contribution in [-0.4, -0.2) is 11.6 Å². The number of hydrogen-bond donors (Lipinski definition) is 2. The third-order valence-electron chi connectivity index (χ3n) is 0.800. The van der Waals surface area contributed by atoms with Crippen molar-refractivity contribution in [3.05, 3.63) is 0 Å². The van der Waals surface area contributed by atoms with E-state index in [1.165, 1.54) is 13.8 Å². The predicted octanol–water partition coefficient (Wildman–Crippen LogP) is 1.03. The van der Waals surface area contributed by atoms with Crippen molar-refractivity contribution >= 4 is 6.03 Å². The summed E-state index contributed by atoms with van der Waals surface area (Å²) in [5.41, 5.74) is 5.32. The maximum absolute atomic E-state index is 10.4. The smallest absolute Gasteiger partial charge is 0.317 e. The molecule has 0 aromatic rings. The van der Waals surface area contributed by atoms with Gasteiger partial charge in [0.1, 0.15) is 5.54 Å². The first-order valence-electron chi connectivity index (χ1n) is 2.62. The van der Waals surface area contributed by atoms with E-state index in [1.54, 1.807) is 0 Å². The van der Waals surface area contributed by atoms with Crippen molar-refractivity contribution in [2.24, 2.45) is 5.11 Å². The van der Waals surface area contributed by atoms with Crippen LogP contribution in [-0.2, 0) is 0 Å². The number of urea groups is 1. The molecule has 0 aromatic carbocycles. The number of nitrogens with zero attached hydrogens (tertiary/aromatic N) is 2. The molecule has 10 heavy (non-hydrogen) atoms. The fourth-order valence-electron chi connectivity index (χ4n) is 0.323. The molecule has 2 amide bonds. The summed E-state index contributed by atoms with van der Waals surface area (Å²) in [5, 5.41) is 13.1. The van der Waals surface area contributed by atoms with E-state index in [9.17, 15) is 4.79 Å². The Hall–Kier alpha value is -1.44. The van der Waals surface area contributed by atoms with E-state index >= 15 is 0 Å². The summed E-state index contributed by atoms with van der Waals surface area (Å²) in [6.07, 6.45) is 0. The molecule has 0 spiro atoms. The molecule has 0 rings (SSSR count). The van der Waals surface area contributed by atoms with Gasteiger partial charge in [-0.15, -0.1) is 0 Å². The van der Waals surface area contributed by atoms with Crippen molar-refractivity contribution in [2.45, 2.75) is 19.4 Å². The van der Waals surface area contributed by atoms with Crippen molar-refractivity contribution in [3.8, 4) is 6.07 Å². The monoisotopic (exact) mass is 140 g/mol. The SMILES string of the molecule is CC(C)(C#N)NC(=O)N=N. The van der Waals surface area contributed by atoms with Crippen molar-refractivity contribution in [2.75, 3.05) is 0 Å². The highest BCUT2D eigenvalue weighted by Crippen LogP contribution is 1.98. The van der Waals surface area contributed by atoms with Crippen molar-refractivity contribution < 1.29 is 4.79 Å². The zero-order chi connectivity index (χ0) is 8.20. The van der Waals surface area contributed by atoms with Gasteiger partial charge < -0.3 is 5.32 Å². The van der Waals surface area contributed by atoms with Gasteiger partial charge in [0.05, 0.1) is 6.07 Å². The highest BCUT2D eigenvalue weighted by Gasteiger charge is 2.18. The second-order valence-corrected chi connectivity index (χ2v) is 2.28. The van der Waals surface area contributed by atoms with Gasteiger partial charge in [0.25, 0.3) is 0 Å². The Bertz CT molecular complexity index is 190. The second-order valence-electron chi connectivity index (χ2n) is 2.28. The third-order valence-corrected chi connectivity index (χ3v) is 0.800. The molecule has 0 unspecified atom stereocenters. The Morgan fingerprint density at radius 2 is 2.30 bits per heavy atom. The number of nitriles is 1. The first-order chi connectivity index (χ1) is 4.52. The maximum Gasteiger partial charge on any atom is 0.360 e. The van der Waals surface area contributed by atoms with E-state index in [0.717, 1.165) is 0 Å². The van der Waals surface area contributed by atoms with E-state index < -0.39 is 11.6 Å². The van der Waals surface area contributed by atoms with Gasteiger partial charge in [-0.05, 0) is 13.8 Å². The quantitative estimate of drug-likeness (QED) is 0.532. The highest BCUT2D eigenvalue weighted by molar-refractivity contribution is 5.75. The standard InChI is InChI=1S/C5H8N4O/c1-5(2,3-6)8-4(10)9-7/h7H,1-2H3,(H,8,10). The fraction of sp³-hybridized carbons (Fsp3) is 0.600. The average Bonchev–Trinajstić information content (AvgIpc) is 1.87. The van der Waals surface area contributed by atoms with Crippen LogP contribution < -0.4 is 5.32 Å². The minimum atomic E-state index is -0.943. The molecule has 0 aliphatic heterocycles. The minimum Gasteiger partial charge on any atom is -0.317 e. The Balaban J connectivity index is 4.04. The molecule has 2 N–H and O–H groups in total. The summed E-state index contributed by atoms with van der Waals surface area (Å²) in [7, 11) is 0. The fourth-order valence-corrected chi connectivity index (χ4v) is 0.323. The van der Waals surface area contributed by atoms with Gasteiger partial charge in [0, 0.05) is 0 Å². The predicted molar refractivity (Wildman–Crippen MR) is 33.4 cm³/mol. The molecular formula is C5H8N4O. The topological polar surface area (TPSA) is 89.1 Å². The Morgan fingerprint density at radius 1 is 1.80 bits per heavy atom. The molecule has 0 aliphatic rings. The summed E-state index contributed by atoms with van der Waals surface area (Å²) in [6.45, 7) is 3.05. The van der Waals surface area contributed by atoms with Crippen LogP contribution in [0.5, 0.6) is 0 Å². The van der Waals surface area contributed by atoms with Crippen molar-refractivity contribution in [3.63, 3.8) is 0 Å². The van der Waals surface area contributed by atoms with Crippen LogP contribution in [0.3, 0.4) is 0 Å². The summed E-state index contributed by atoms with van der Waals surface area (Å²) in [5.74, 6) is 0. The lowest BCUT2D eigenvalue weighted by molar-refractivity contribution is 0.241. The van der Waals surface area contributed by atoms with Gasteiger partial charge in [0.2, 0.25) is 0 Å². The number of amides is 2. The summed E-state index contributed by atoms with van der Waals surface area (Å²) < 4.78 is 0. The Kier molecular flexibility index (Phi) is 2.50. The van der Waals surface area contributed by atoms with Crippen LogP contribution in [0.4, 0.5) is 4.79 Å². The van der Waals surface area contributed by atoms with Crippen LogP contribution in [0.1, 0.15) is 13.8 Å². The largest absolute Gasteiger partial charge is 0.360 e. The molecule has 0 aromatic heterocycles. The molecule has 0 radical (unpaired) electrons. The molecule has 0 aliphatic carbocycles. The van der Waals surface area contributed by atoms with E-state index in [0.29, 0.717) is 0 Å².